The summed E-state index contributed by atoms with van der Waals surface area (Å²) in [6, 6.07) is 1.79. The van der Waals surface area contributed by atoms with Gasteiger partial charge in [-0.1, -0.05) is 6.92 Å². The molecule has 0 aromatic carbocycles. The van der Waals surface area contributed by atoms with Gasteiger partial charge in [0.2, 0.25) is 11.8 Å². The maximum absolute atomic E-state index is 5.42. The molecule has 20 heavy (non-hydrogen) atoms. The predicted molar refractivity (Wildman–Crippen MR) is 74.1 cm³/mol. The fourth-order valence-electron chi connectivity index (χ4n) is 1.56. The molecule has 0 fully saturated rings. The van der Waals surface area contributed by atoms with Crippen LogP contribution in [-0.4, -0.2) is 25.1 Å². The lowest BCUT2D eigenvalue weighted by molar-refractivity contribution is 0.460. The summed E-state index contributed by atoms with van der Waals surface area (Å²) in [4.78, 5) is 12.8. The lowest BCUT2D eigenvalue weighted by atomic mass is 10.5. The van der Waals surface area contributed by atoms with Gasteiger partial charge in [0.1, 0.15) is 5.82 Å². The fourth-order valence-corrected chi connectivity index (χ4v) is 2.14. The maximum Gasteiger partial charge on any atom is 0.235 e. The smallest absolute Gasteiger partial charge is 0.235 e. The van der Waals surface area contributed by atoms with Crippen LogP contribution in [0.3, 0.4) is 0 Å². The molecule has 0 spiro atoms. The van der Waals surface area contributed by atoms with E-state index >= 15 is 0 Å². The molecule has 0 aliphatic carbocycles. The molecule has 3 heterocycles. The Kier molecular flexibility index (Phi) is 3.64. The maximum atomic E-state index is 5.42. The van der Waals surface area contributed by atoms with Gasteiger partial charge in [-0.3, -0.25) is 0 Å². The first-order valence-electron chi connectivity index (χ1n) is 6.13. The van der Waals surface area contributed by atoms with Crippen LogP contribution in [0.4, 0.5) is 5.82 Å². The van der Waals surface area contributed by atoms with Crippen LogP contribution in [0.5, 0.6) is 0 Å². The Balaban J connectivity index is 1.70. The van der Waals surface area contributed by atoms with Crippen molar-refractivity contribution in [3.05, 3.63) is 35.6 Å². The first kappa shape index (κ1) is 12.7. The second kappa shape index (κ2) is 5.74. The molecule has 0 amide bonds. The highest BCUT2D eigenvalue weighted by Crippen LogP contribution is 2.18. The Labute approximate surface area is 119 Å². The Morgan fingerprint density at radius 3 is 2.85 bits per heavy atom. The molecule has 0 aliphatic rings. The molecule has 102 valence electrons. The van der Waals surface area contributed by atoms with E-state index in [1.54, 1.807) is 18.5 Å². The van der Waals surface area contributed by atoms with Gasteiger partial charge in [-0.25, -0.2) is 15.0 Å². The molecule has 0 bridgehead atoms. The number of aromatic nitrogens is 5. The molecule has 3 rings (SSSR count). The topological polar surface area (TPSA) is 89.6 Å². The average molecular weight is 288 g/mol. The minimum absolute atomic E-state index is 0.432. The summed E-state index contributed by atoms with van der Waals surface area (Å²) >= 11 is 1.50. The zero-order valence-corrected chi connectivity index (χ0v) is 11.6. The van der Waals surface area contributed by atoms with Gasteiger partial charge >= 0.3 is 0 Å². The molecule has 0 saturated carbocycles. The third-order valence-corrected chi connectivity index (χ3v) is 3.28. The van der Waals surface area contributed by atoms with E-state index in [2.05, 4.69) is 30.5 Å². The number of nitrogens with zero attached hydrogens (tertiary/aromatic N) is 5. The van der Waals surface area contributed by atoms with Gasteiger partial charge in [-0.15, -0.1) is 21.5 Å². The van der Waals surface area contributed by atoms with Crippen LogP contribution in [0.25, 0.3) is 10.8 Å². The van der Waals surface area contributed by atoms with Gasteiger partial charge in [0.15, 0.2) is 10.8 Å². The molecule has 0 unspecified atom stereocenters. The van der Waals surface area contributed by atoms with E-state index in [1.165, 1.54) is 11.3 Å². The summed E-state index contributed by atoms with van der Waals surface area (Å²) in [5, 5.41) is 13.7. The van der Waals surface area contributed by atoms with E-state index in [1.807, 2.05) is 12.3 Å². The molecule has 3 aromatic rings. The van der Waals surface area contributed by atoms with Crippen LogP contribution < -0.4 is 5.32 Å². The summed E-state index contributed by atoms with van der Waals surface area (Å²) in [6.07, 6.45) is 4.15. The molecule has 0 atom stereocenters. The average Bonchev–Trinajstić information content (AvgIpc) is 3.17. The van der Waals surface area contributed by atoms with Crippen molar-refractivity contribution in [2.24, 2.45) is 0 Å². The summed E-state index contributed by atoms with van der Waals surface area (Å²) in [7, 11) is 0. The number of nitrogens with one attached hydrogen (secondary N) is 1. The van der Waals surface area contributed by atoms with E-state index in [-0.39, 0.29) is 0 Å². The van der Waals surface area contributed by atoms with E-state index in [0.29, 0.717) is 30.0 Å². The number of hydrogen-bond acceptors (Lipinski definition) is 8. The largest absolute Gasteiger partial charge is 0.423 e. The summed E-state index contributed by atoms with van der Waals surface area (Å²) < 4.78 is 5.42. The Hall–Kier alpha value is -2.35. The van der Waals surface area contributed by atoms with Gasteiger partial charge in [0.25, 0.3) is 0 Å². The standard InChI is InChI=1S/C12H12N6OS/c1-2-9-17-18-10(19-9)7-15-8-3-4-13-11(16-8)12-14-5-6-20-12/h3-6H,2,7H2,1H3,(H,13,15,16). The Morgan fingerprint density at radius 1 is 1.20 bits per heavy atom. The lowest BCUT2D eigenvalue weighted by Gasteiger charge is -2.03. The van der Waals surface area contributed by atoms with Crippen molar-refractivity contribution >= 4 is 17.2 Å². The van der Waals surface area contributed by atoms with Crippen molar-refractivity contribution in [1.29, 1.82) is 0 Å². The molecule has 7 nitrogen and oxygen atoms in total. The summed E-state index contributed by atoms with van der Waals surface area (Å²) in [5.41, 5.74) is 0. The molecule has 0 radical (unpaired) electrons. The van der Waals surface area contributed by atoms with Crippen molar-refractivity contribution in [3.8, 4) is 10.8 Å². The Morgan fingerprint density at radius 2 is 2.10 bits per heavy atom. The second-order valence-electron chi connectivity index (χ2n) is 3.90. The molecule has 8 heteroatoms. The Bertz CT molecular complexity index is 681. The molecular weight excluding hydrogens is 276 g/mol. The minimum Gasteiger partial charge on any atom is -0.423 e. The third-order valence-electron chi connectivity index (χ3n) is 2.51. The van der Waals surface area contributed by atoms with Crippen molar-refractivity contribution in [3.63, 3.8) is 0 Å². The fraction of sp³-hybridized carbons (Fsp3) is 0.250. The van der Waals surface area contributed by atoms with E-state index in [0.717, 1.165) is 11.4 Å². The minimum atomic E-state index is 0.432. The highest BCUT2D eigenvalue weighted by atomic mass is 32.1. The van der Waals surface area contributed by atoms with Crippen LogP contribution in [0.1, 0.15) is 18.7 Å². The van der Waals surface area contributed by atoms with Crippen molar-refractivity contribution < 1.29 is 4.42 Å². The zero-order valence-electron chi connectivity index (χ0n) is 10.8. The lowest BCUT2D eigenvalue weighted by Crippen LogP contribution is -2.03. The highest BCUT2D eigenvalue weighted by molar-refractivity contribution is 7.12. The first-order chi connectivity index (χ1) is 9.85. The highest BCUT2D eigenvalue weighted by Gasteiger charge is 2.07. The zero-order chi connectivity index (χ0) is 13.8. The van der Waals surface area contributed by atoms with E-state index in [9.17, 15) is 0 Å². The van der Waals surface area contributed by atoms with Crippen LogP contribution in [-0.2, 0) is 13.0 Å². The first-order valence-corrected chi connectivity index (χ1v) is 7.01. The quantitative estimate of drug-likeness (QED) is 0.769. The normalized spacial score (nSPS) is 10.7. The van der Waals surface area contributed by atoms with Crippen LogP contribution in [0, 0.1) is 0 Å². The van der Waals surface area contributed by atoms with Crippen LogP contribution in [0.15, 0.2) is 28.3 Å². The number of hydrogen-bond donors (Lipinski definition) is 1. The molecular formula is C12H12N6OS. The van der Waals surface area contributed by atoms with Crippen LogP contribution >= 0.6 is 11.3 Å². The predicted octanol–water partition coefficient (Wildman–Crippen LogP) is 2.16. The van der Waals surface area contributed by atoms with Gasteiger partial charge in [-0.2, -0.15) is 0 Å². The SMILES string of the molecule is CCc1nnc(CNc2ccnc(-c3nccs3)n2)o1. The van der Waals surface area contributed by atoms with Gasteiger partial charge in [-0.05, 0) is 6.07 Å². The van der Waals surface area contributed by atoms with E-state index in [4.69, 9.17) is 4.42 Å². The summed E-state index contributed by atoms with van der Waals surface area (Å²) in [6.45, 7) is 2.40. The van der Waals surface area contributed by atoms with Crippen molar-refractivity contribution in [2.75, 3.05) is 5.32 Å². The number of thiazole rings is 1. The van der Waals surface area contributed by atoms with E-state index < -0.39 is 0 Å². The van der Waals surface area contributed by atoms with Crippen molar-refractivity contribution in [2.45, 2.75) is 19.9 Å². The number of aryl methyl sites for hydroxylation is 1. The molecule has 0 aliphatic heterocycles. The van der Waals surface area contributed by atoms with Crippen molar-refractivity contribution in [1.82, 2.24) is 25.1 Å². The monoisotopic (exact) mass is 288 g/mol. The molecule has 0 saturated heterocycles. The second-order valence-corrected chi connectivity index (χ2v) is 4.79. The number of anilines is 1. The third kappa shape index (κ3) is 2.80. The van der Waals surface area contributed by atoms with Crippen LogP contribution in [0.2, 0.25) is 0 Å². The molecule has 3 aromatic heterocycles. The number of rotatable bonds is 5. The van der Waals surface area contributed by atoms with Gasteiger partial charge in [0.05, 0.1) is 6.54 Å². The van der Waals surface area contributed by atoms with Gasteiger partial charge in [0, 0.05) is 24.2 Å². The van der Waals surface area contributed by atoms with Gasteiger partial charge < -0.3 is 9.73 Å². The molecule has 1 N–H and O–H groups in total. The summed E-state index contributed by atoms with van der Waals surface area (Å²) in [5.74, 6) is 2.47.